The number of hydrogen-bond donors (Lipinski definition) is 2. The lowest BCUT2D eigenvalue weighted by molar-refractivity contribution is -0.133. The number of carbonyl (C=O) groups is 2. The molecule has 1 fully saturated rings. The number of primary amides is 2. The number of rotatable bonds is 3. The van der Waals surface area contributed by atoms with Crippen LogP contribution in [0.4, 0.5) is 0 Å². The van der Waals surface area contributed by atoms with Crippen LogP contribution in [0.15, 0.2) is 0 Å². The van der Waals surface area contributed by atoms with E-state index in [1.54, 1.807) is 0 Å². The molecule has 1 saturated heterocycles. The van der Waals surface area contributed by atoms with Crippen molar-refractivity contribution in [1.29, 1.82) is 0 Å². The first-order valence-corrected chi connectivity index (χ1v) is 3.70. The molecule has 1 rings (SSSR count). The minimum atomic E-state index is -1.53. The minimum Gasteiger partial charge on any atom is -0.367 e. The molecule has 5 heteroatoms. The molecule has 0 aromatic rings. The molecule has 0 aromatic carbocycles. The maximum atomic E-state index is 10.8. The average molecular weight is 172 g/mol. The van der Waals surface area contributed by atoms with E-state index in [0.717, 1.165) is 0 Å². The van der Waals surface area contributed by atoms with E-state index in [1.807, 2.05) is 13.8 Å². The molecule has 0 spiro atoms. The molecule has 0 aromatic heterocycles. The summed E-state index contributed by atoms with van der Waals surface area (Å²) in [6.07, 6.45) is -0.451. The van der Waals surface area contributed by atoms with Crippen molar-refractivity contribution in [3.05, 3.63) is 0 Å². The molecule has 2 amide bonds. The fourth-order valence-corrected chi connectivity index (χ4v) is 1.29. The molecule has 1 aliphatic heterocycles. The Morgan fingerprint density at radius 2 is 1.75 bits per heavy atom. The fourth-order valence-electron chi connectivity index (χ4n) is 1.29. The van der Waals surface area contributed by atoms with Gasteiger partial charge in [0.05, 0.1) is 0 Å². The van der Waals surface area contributed by atoms with Crippen molar-refractivity contribution in [2.24, 2.45) is 17.4 Å². The van der Waals surface area contributed by atoms with E-state index in [0.29, 0.717) is 0 Å². The predicted octanol–water partition coefficient (Wildman–Crippen LogP) is -1.25. The summed E-state index contributed by atoms with van der Waals surface area (Å²) >= 11 is 0. The summed E-state index contributed by atoms with van der Waals surface area (Å²) in [4.78, 5) is 21.7. The van der Waals surface area contributed by atoms with Gasteiger partial charge in [-0.25, -0.2) is 0 Å². The molecule has 1 aliphatic rings. The Bertz CT molecular complexity index is 223. The summed E-state index contributed by atoms with van der Waals surface area (Å²) in [7, 11) is 0. The van der Waals surface area contributed by atoms with Crippen LogP contribution >= 0.6 is 0 Å². The number of epoxide rings is 1. The lowest BCUT2D eigenvalue weighted by Crippen LogP contribution is -2.46. The van der Waals surface area contributed by atoms with Crippen molar-refractivity contribution in [1.82, 2.24) is 0 Å². The largest absolute Gasteiger partial charge is 0.367 e. The molecular formula is C7H12N2O3. The van der Waals surface area contributed by atoms with Gasteiger partial charge in [0.2, 0.25) is 0 Å². The molecule has 5 nitrogen and oxygen atoms in total. The lowest BCUT2D eigenvalue weighted by Gasteiger charge is -2.04. The number of hydrogen-bond acceptors (Lipinski definition) is 3. The molecule has 0 radical (unpaired) electrons. The second kappa shape index (κ2) is 2.45. The van der Waals surface area contributed by atoms with Crippen LogP contribution in [0.5, 0.6) is 0 Å². The van der Waals surface area contributed by atoms with Gasteiger partial charge < -0.3 is 16.2 Å². The van der Waals surface area contributed by atoms with Crippen LogP contribution < -0.4 is 11.5 Å². The number of ether oxygens (including phenoxy) is 1. The van der Waals surface area contributed by atoms with E-state index in [1.165, 1.54) is 0 Å². The molecule has 1 atom stereocenters. The first-order valence-electron chi connectivity index (χ1n) is 3.70. The van der Waals surface area contributed by atoms with Crippen LogP contribution in [0.25, 0.3) is 0 Å². The van der Waals surface area contributed by atoms with Crippen molar-refractivity contribution in [2.45, 2.75) is 25.6 Å². The third-order valence-corrected chi connectivity index (χ3v) is 1.99. The maximum absolute atomic E-state index is 10.8. The molecule has 0 saturated carbocycles. The topological polar surface area (TPSA) is 98.7 Å². The van der Waals surface area contributed by atoms with E-state index in [-0.39, 0.29) is 5.92 Å². The van der Waals surface area contributed by atoms with Gasteiger partial charge in [-0.3, -0.25) is 9.59 Å². The summed E-state index contributed by atoms with van der Waals surface area (Å²) in [6, 6.07) is 0. The molecule has 0 aliphatic carbocycles. The standard InChI is InChI=1S/C7H12N2O3/c1-3(2)4-7(12-4,5(8)10)6(9)11/h3-4H,1-2H3,(H2,8,10)(H2,9,11). The minimum absolute atomic E-state index is 0.0602. The molecule has 68 valence electrons. The Kier molecular flexibility index (Phi) is 1.83. The Morgan fingerprint density at radius 1 is 1.33 bits per heavy atom. The van der Waals surface area contributed by atoms with Crippen LogP contribution in [-0.4, -0.2) is 23.5 Å². The van der Waals surface area contributed by atoms with Crippen LogP contribution in [-0.2, 0) is 14.3 Å². The highest BCUT2D eigenvalue weighted by Crippen LogP contribution is 2.40. The first kappa shape index (κ1) is 8.99. The molecule has 4 N–H and O–H groups in total. The van der Waals surface area contributed by atoms with Crippen molar-refractivity contribution < 1.29 is 14.3 Å². The SMILES string of the molecule is CC(C)C1OC1(C(N)=O)C(N)=O. The highest BCUT2D eigenvalue weighted by Gasteiger charge is 2.67. The summed E-state index contributed by atoms with van der Waals surface area (Å²) < 4.78 is 4.94. The van der Waals surface area contributed by atoms with Gasteiger partial charge in [-0.15, -0.1) is 0 Å². The van der Waals surface area contributed by atoms with Gasteiger partial charge in [-0.05, 0) is 5.92 Å². The third kappa shape index (κ3) is 0.972. The second-order valence-electron chi connectivity index (χ2n) is 3.25. The number of amides is 2. The zero-order valence-electron chi connectivity index (χ0n) is 7.03. The van der Waals surface area contributed by atoms with Gasteiger partial charge in [0.15, 0.2) is 0 Å². The van der Waals surface area contributed by atoms with Crippen molar-refractivity contribution >= 4 is 11.8 Å². The Hall–Kier alpha value is -1.10. The van der Waals surface area contributed by atoms with Crippen molar-refractivity contribution in [3.63, 3.8) is 0 Å². The normalized spacial score (nSPS) is 25.4. The Balaban J connectivity index is 2.83. The van der Waals surface area contributed by atoms with Crippen LogP contribution in [0.2, 0.25) is 0 Å². The van der Waals surface area contributed by atoms with Gasteiger partial charge >= 0.3 is 0 Å². The van der Waals surface area contributed by atoms with E-state index in [9.17, 15) is 9.59 Å². The van der Waals surface area contributed by atoms with Crippen molar-refractivity contribution in [2.75, 3.05) is 0 Å². The van der Waals surface area contributed by atoms with Gasteiger partial charge in [0, 0.05) is 0 Å². The van der Waals surface area contributed by atoms with Crippen LogP contribution in [0.1, 0.15) is 13.8 Å². The summed E-state index contributed by atoms with van der Waals surface area (Å²) in [5, 5.41) is 0. The predicted molar refractivity (Wildman–Crippen MR) is 40.8 cm³/mol. The lowest BCUT2D eigenvalue weighted by atomic mass is 9.96. The average Bonchev–Trinajstić information content (AvgIpc) is 2.60. The number of nitrogens with two attached hydrogens (primary N) is 2. The molecule has 1 heterocycles. The molecule has 1 unspecified atom stereocenters. The smallest absolute Gasteiger partial charge is 0.262 e. The molecule has 0 bridgehead atoms. The zero-order chi connectivity index (χ0) is 9.52. The summed E-state index contributed by atoms with van der Waals surface area (Å²) in [5.41, 5.74) is 8.46. The van der Waals surface area contributed by atoms with E-state index in [4.69, 9.17) is 16.2 Å². The summed E-state index contributed by atoms with van der Waals surface area (Å²) in [6.45, 7) is 3.66. The highest BCUT2D eigenvalue weighted by molar-refractivity contribution is 6.10. The Morgan fingerprint density at radius 3 is 1.83 bits per heavy atom. The van der Waals surface area contributed by atoms with Gasteiger partial charge in [0.1, 0.15) is 6.10 Å². The fraction of sp³-hybridized carbons (Fsp3) is 0.714. The first-order chi connectivity index (χ1) is 5.43. The van der Waals surface area contributed by atoms with Crippen LogP contribution in [0.3, 0.4) is 0 Å². The van der Waals surface area contributed by atoms with Gasteiger partial charge in [-0.2, -0.15) is 0 Å². The van der Waals surface area contributed by atoms with Gasteiger partial charge in [0.25, 0.3) is 17.4 Å². The zero-order valence-corrected chi connectivity index (χ0v) is 7.03. The molecule has 12 heavy (non-hydrogen) atoms. The highest BCUT2D eigenvalue weighted by atomic mass is 16.6. The van der Waals surface area contributed by atoms with E-state index in [2.05, 4.69) is 0 Å². The van der Waals surface area contributed by atoms with Crippen LogP contribution in [0, 0.1) is 5.92 Å². The second-order valence-corrected chi connectivity index (χ2v) is 3.25. The Labute approximate surface area is 70.0 Å². The third-order valence-electron chi connectivity index (χ3n) is 1.99. The monoisotopic (exact) mass is 172 g/mol. The maximum Gasteiger partial charge on any atom is 0.262 e. The number of carbonyl (C=O) groups excluding carboxylic acids is 2. The van der Waals surface area contributed by atoms with E-state index < -0.39 is 23.5 Å². The summed E-state index contributed by atoms with van der Waals surface area (Å²) in [5.74, 6) is -1.53. The quantitative estimate of drug-likeness (QED) is 0.411. The van der Waals surface area contributed by atoms with E-state index >= 15 is 0 Å². The van der Waals surface area contributed by atoms with Crippen molar-refractivity contribution in [3.8, 4) is 0 Å². The molecular weight excluding hydrogens is 160 g/mol. The van der Waals surface area contributed by atoms with Gasteiger partial charge in [-0.1, -0.05) is 13.8 Å².